The van der Waals surface area contributed by atoms with Gasteiger partial charge in [-0.15, -0.1) is 13.2 Å². The Kier molecular flexibility index (Phi) is 7.57. The molecule has 1 saturated heterocycles. The summed E-state index contributed by atoms with van der Waals surface area (Å²) in [6, 6.07) is 4.10. The Labute approximate surface area is 174 Å². The number of aliphatic hydroxyl groups excluding tert-OH is 1. The van der Waals surface area contributed by atoms with Gasteiger partial charge in [0.05, 0.1) is 10.7 Å². The van der Waals surface area contributed by atoms with Crippen LogP contribution in [0.25, 0.3) is 0 Å². The number of nitrogens with zero attached hydrogens (tertiary/aromatic N) is 1. The van der Waals surface area contributed by atoms with Gasteiger partial charge in [-0.05, 0) is 74.8 Å². The molecule has 0 amide bonds. The van der Waals surface area contributed by atoms with Crippen molar-refractivity contribution in [3.8, 4) is 5.75 Å². The van der Waals surface area contributed by atoms with Gasteiger partial charge in [0.2, 0.25) is 0 Å². The molecule has 0 aromatic heterocycles. The van der Waals surface area contributed by atoms with Crippen LogP contribution in [0.5, 0.6) is 5.75 Å². The van der Waals surface area contributed by atoms with Gasteiger partial charge >= 0.3 is 6.36 Å². The average molecular weight is 436 g/mol. The lowest BCUT2D eigenvalue weighted by molar-refractivity contribution is -0.274. The summed E-state index contributed by atoms with van der Waals surface area (Å²) in [6.45, 7) is 2.00. The van der Waals surface area contributed by atoms with Crippen LogP contribution in [0.15, 0.2) is 18.2 Å². The van der Waals surface area contributed by atoms with Crippen molar-refractivity contribution in [3.05, 3.63) is 23.2 Å². The molecule has 8 heteroatoms. The number of benzene rings is 1. The molecule has 2 fully saturated rings. The van der Waals surface area contributed by atoms with E-state index in [9.17, 15) is 13.2 Å². The second-order valence-corrected chi connectivity index (χ2v) is 8.68. The fourth-order valence-corrected chi connectivity index (χ4v) is 5.01. The first kappa shape index (κ1) is 22.5. The third-order valence-corrected chi connectivity index (χ3v) is 6.79. The minimum Gasteiger partial charge on any atom is -0.406 e. The van der Waals surface area contributed by atoms with E-state index in [0.29, 0.717) is 22.7 Å². The number of hydrogen-bond donors (Lipinski definition) is 1. The molecule has 1 N–H and O–H groups in total. The Balaban J connectivity index is 1.51. The zero-order valence-electron chi connectivity index (χ0n) is 16.5. The van der Waals surface area contributed by atoms with Gasteiger partial charge in [-0.1, -0.05) is 11.6 Å². The van der Waals surface area contributed by atoms with Crippen LogP contribution in [0.1, 0.15) is 51.4 Å². The Bertz CT molecular complexity index is 653. The van der Waals surface area contributed by atoms with Crippen molar-refractivity contribution in [2.45, 2.75) is 57.7 Å². The number of rotatable bonds is 7. The highest BCUT2D eigenvalue weighted by atomic mass is 35.5. The van der Waals surface area contributed by atoms with E-state index in [1.54, 1.807) is 0 Å². The zero-order valence-corrected chi connectivity index (χ0v) is 17.3. The van der Waals surface area contributed by atoms with E-state index in [1.165, 1.54) is 43.9 Å². The van der Waals surface area contributed by atoms with Crippen LogP contribution in [0.4, 0.5) is 18.9 Å². The summed E-state index contributed by atoms with van der Waals surface area (Å²) in [7, 11) is 0. The fourth-order valence-electron chi connectivity index (χ4n) is 4.77. The molecular weight excluding hydrogens is 407 g/mol. The molecule has 1 heterocycles. The van der Waals surface area contributed by atoms with Crippen LogP contribution in [0.2, 0.25) is 5.02 Å². The number of hydrogen-bond acceptors (Lipinski definition) is 4. The molecule has 1 aromatic rings. The van der Waals surface area contributed by atoms with Crippen molar-refractivity contribution in [3.63, 3.8) is 0 Å². The second kappa shape index (κ2) is 9.75. The van der Waals surface area contributed by atoms with Crippen molar-refractivity contribution in [2.75, 3.05) is 31.4 Å². The van der Waals surface area contributed by atoms with E-state index < -0.39 is 6.36 Å². The molecule has 0 radical (unpaired) electrons. The molecule has 3 rings (SSSR count). The van der Waals surface area contributed by atoms with Gasteiger partial charge in [-0.3, -0.25) is 0 Å². The van der Waals surface area contributed by atoms with Gasteiger partial charge in [0.25, 0.3) is 0 Å². The molecule has 164 valence electrons. The van der Waals surface area contributed by atoms with E-state index in [-0.39, 0.29) is 12.5 Å². The molecule has 1 aromatic carbocycles. The van der Waals surface area contributed by atoms with E-state index in [1.807, 2.05) is 0 Å². The highest BCUT2D eigenvalue weighted by Crippen LogP contribution is 2.48. The van der Waals surface area contributed by atoms with Gasteiger partial charge in [0.1, 0.15) is 12.5 Å². The smallest absolute Gasteiger partial charge is 0.406 e. The predicted molar refractivity (Wildman–Crippen MR) is 106 cm³/mol. The quantitative estimate of drug-likeness (QED) is 0.436. The van der Waals surface area contributed by atoms with Crippen LogP contribution < -0.4 is 9.64 Å². The average Bonchev–Trinajstić information content (AvgIpc) is 2.68. The second-order valence-electron chi connectivity index (χ2n) is 8.27. The van der Waals surface area contributed by atoms with Crippen LogP contribution >= 0.6 is 11.6 Å². The summed E-state index contributed by atoms with van der Waals surface area (Å²) < 4.78 is 46.6. The molecule has 0 unspecified atom stereocenters. The highest BCUT2D eigenvalue weighted by molar-refractivity contribution is 6.33. The highest BCUT2D eigenvalue weighted by Gasteiger charge is 2.38. The first-order valence-electron chi connectivity index (χ1n) is 10.3. The maximum absolute atomic E-state index is 12.5. The standard InChI is InChI=1S/C21H29ClF3NO3/c22-18-4-3-17(29-21(23,24)25)14-19(18)26-11-9-20(10-12-26)7-5-16(6-8-20)2-1-13-28-15-27/h3-4,14,16,27H,1-2,5-13,15H2. The van der Waals surface area contributed by atoms with Crippen LogP contribution in [-0.4, -0.2) is 38.0 Å². The normalized spacial score (nSPS) is 20.2. The van der Waals surface area contributed by atoms with E-state index in [0.717, 1.165) is 44.7 Å². The molecule has 1 aliphatic heterocycles. The van der Waals surface area contributed by atoms with Crippen LogP contribution in [0, 0.1) is 11.3 Å². The molecule has 0 atom stereocenters. The minimum atomic E-state index is -4.71. The monoisotopic (exact) mass is 435 g/mol. The lowest BCUT2D eigenvalue weighted by Gasteiger charge is -2.46. The number of halogens is 4. The topological polar surface area (TPSA) is 41.9 Å². The van der Waals surface area contributed by atoms with Gasteiger partial charge in [0.15, 0.2) is 0 Å². The van der Waals surface area contributed by atoms with Gasteiger partial charge in [-0.2, -0.15) is 0 Å². The predicted octanol–water partition coefficient (Wildman–Crippen LogP) is 5.76. The third kappa shape index (κ3) is 6.40. The van der Waals surface area contributed by atoms with Gasteiger partial charge in [-0.25, -0.2) is 0 Å². The van der Waals surface area contributed by atoms with Crippen molar-refractivity contribution in [1.29, 1.82) is 0 Å². The van der Waals surface area contributed by atoms with E-state index in [2.05, 4.69) is 9.64 Å². The fraction of sp³-hybridized carbons (Fsp3) is 0.714. The Morgan fingerprint density at radius 3 is 2.45 bits per heavy atom. The largest absolute Gasteiger partial charge is 0.573 e. The SMILES string of the molecule is OCOCCCC1CCC2(CC1)CCN(c1cc(OC(F)(F)F)ccc1Cl)CC2. The first-order chi connectivity index (χ1) is 13.8. The number of aliphatic hydroxyl groups is 1. The molecule has 0 bridgehead atoms. The number of piperidine rings is 1. The number of ether oxygens (including phenoxy) is 2. The Morgan fingerprint density at radius 2 is 1.83 bits per heavy atom. The third-order valence-electron chi connectivity index (χ3n) is 6.47. The summed E-state index contributed by atoms with van der Waals surface area (Å²) in [5.74, 6) is 0.495. The van der Waals surface area contributed by atoms with E-state index >= 15 is 0 Å². The Morgan fingerprint density at radius 1 is 1.14 bits per heavy atom. The molecule has 2 aliphatic rings. The van der Waals surface area contributed by atoms with Gasteiger partial charge in [0, 0.05) is 25.8 Å². The maximum atomic E-state index is 12.5. The summed E-state index contributed by atoms with van der Waals surface area (Å²) >= 11 is 6.26. The molecule has 1 spiro atoms. The molecular formula is C21H29ClF3NO3. The van der Waals surface area contributed by atoms with Crippen molar-refractivity contribution in [1.82, 2.24) is 0 Å². The molecule has 4 nitrogen and oxygen atoms in total. The van der Waals surface area contributed by atoms with Crippen LogP contribution in [-0.2, 0) is 4.74 Å². The van der Waals surface area contributed by atoms with E-state index in [4.69, 9.17) is 21.4 Å². The number of alkyl halides is 3. The molecule has 1 saturated carbocycles. The van der Waals surface area contributed by atoms with Gasteiger partial charge < -0.3 is 19.5 Å². The van der Waals surface area contributed by atoms with Crippen molar-refractivity contribution in [2.24, 2.45) is 11.3 Å². The summed E-state index contributed by atoms with van der Waals surface area (Å²) in [5.41, 5.74) is 0.960. The van der Waals surface area contributed by atoms with Crippen molar-refractivity contribution < 1.29 is 27.8 Å². The zero-order chi connectivity index (χ0) is 20.9. The number of anilines is 1. The summed E-state index contributed by atoms with van der Waals surface area (Å²) in [5, 5.41) is 9.11. The Hall–Kier alpha value is -1.18. The maximum Gasteiger partial charge on any atom is 0.573 e. The minimum absolute atomic E-state index is 0.209. The van der Waals surface area contributed by atoms with Crippen molar-refractivity contribution >= 4 is 17.3 Å². The molecule has 1 aliphatic carbocycles. The summed E-state index contributed by atoms with van der Waals surface area (Å²) in [4.78, 5) is 2.08. The first-order valence-corrected chi connectivity index (χ1v) is 10.7. The summed E-state index contributed by atoms with van der Waals surface area (Å²) in [6.07, 6.45) is 4.34. The lowest BCUT2D eigenvalue weighted by Crippen LogP contribution is -2.42. The molecule has 29 heavy (non-hydrogen) atoms. The lowest BCUT2D eigenvalue weighted by atomic mass is 9.65. The van der Waals surface area contributed by atoms with Crippen LogP contribution in [0.3, 0.4) is 0 Å².